The molecule has 0 unspecified atom stereocenters. The Bertz CT molecular complexity index is 929. The number of nitrogens with zero attached hydrogens (tertiary/aromatic N) is 2. The van der Waals surface area contributed by atoms with Crippen LogP contribution in [-0.2, 0) is 4.79 Å². The van der Waals surface area contributed by atoms with E-state index in [0.717, 1.165) is 6.20 Å². The third kappa shape index (κ3) is 4.42. The lowest BCUT2D eigenvalue weighted by atomic mass is 10.2. The molecule has 0 atom stereocenters. The second-order valence-corrected chi connectivity index (χ2v) is 4.99. The molecule has 0 radical (unpaired) electrons. The molecule has 0 aromatic heterocycles. The number of amides is 2. The number of nitrogens with one attached hydrogen (secondary N) is 2. The minimum atomic E-state index is -0.889. The fraction of sp³-hybridized carbons (Fsp3) is 0. The van der Waals surface area contributed by atoms with Crippen LogP contribution in [0.3, 0.4) is 0 Å². The molecule has 0 saturated heterocycles. The molecule has 2 aromatic carbocycles. The number of para-hydroxylation sites is 2. The second kappa shape index (κ2) is 8.07. The van der Waals surface area contributed by atoms with Crippen LogP contribution in [0.25, 0.3) is 0 Å². The topological polar surface area (TPSA) is 151 Å². The van der Waals surface area contributed by atoms with E-state index in [1.54, 1.807) is 6.07 Å². The van der Waals surface area contributed by atoms with E-state index in [1.807, 2.05) is 0 Å². The summed E-state index contributed by atoms with van der Waals surface area (Å²) in [6.45, 7) is 0. The lowest BCUT2D eigenvalue weighted by Crippen LogP contribution is -2.21. The number of rotatable bonds is 5. The zero-order valence-electron chi connectivity index (χ0n) is 13.3. The molecule has 9 heteroatoms. The van der Waals surface area contributed by atoms with Crippen LogP contribution in [-0.4, -0.2) is 16.7 Å². The van der Waals surface area contributed by atoms with Gasteiger partial charge < -0.3 is 16.4 Å². The van der Waals surface area contributed by atoms with Gasteiger partial charge in [-0.2, -0.15) is 5.26 Å². The summed E-state index contributed by atoms with van der Waals surface area (Å²) in [5.41, 5.74) is 5.50. The van der Waals surface area contributed by atoms with Crippen molar-refractivity contribution >= 4 is 28.9 Å². The van der Waals surface area contributed by atoms with Crippen molar-refractivity contribution in [3.05, 3.63) is 76.0 Å². The molecule has 0 spiro atoms. The van der Waals surface area contributed by atoms with Crippen LogP contribution in [0, 0.1) is 21.4 Å². The Labute approximate surface area is 147 Å². The van der Waals surface area contributed by atoms with Crippen molar-refractivity contribution in [1.29, 1.82) is 5.26 Å². The number of nitriles is 1. The van der Waals surface area contributed by atoms with E-state index in [1.165, 1.54) is 48.5 Å². The molecule has 2 rings (SSSR count). The van der Waals surface area contributed by atoms with Gasteiger partial charge in [0, 0.05) is 23.5 Å². The van der Waals surface area contributed by atoms with Crippen LogP contribution in [0.2, 0.25) is 0 Å². The molecule has 2 aromatic rings. The number of carbonyl (C=O) groups is 2. The normalized spacial score (nSPS) is 10.5. The zero-order chi connectivity index (χ0) is 19.1. The highest BCUT2D eigenvalue weighted by molar-refractivity contribution is 6.08. The number of anilines is 2. The van der Waals surface area contributed by atoms with Gasteiger partial charge in [-0.15, -0.1) is 0 Å². The van der Waals surface area contributed by atoms with Crippen LogP contribution < -0.4 is 16.4 Å². The van der Waals surface area contributed by atoms with Crippen molar-refractivity contribution in [3.8, 4) is 6.07 Å². The average Bonchev–Trinajstić information content (AvgIpc) is 2.63. The van der Waals surface area contributed by atoms with Crippen molar-refractivity contribution in [2.45, 2.75) is 0 Å². The summed E-state index contributed by atoms with van der Waals surface area (Å²) in [4.78, 5) is 34.4. The molecule has 0 aliphatic rings. The van der Waals surface area contributed by atoms with Crippen molar-refractivity contribution in [2.75, 3.05) is 11.1 Å². The van der Waals surface area contributed by atoms with Gasteiger partial charge in [-0.05, 0) is 30.3 Å². The van der Waals surface area contributed by atoms with Crippen molar-refractivity contribution < 1.29 is 14.5 Å². The van der Waals surface area contributed by atoms with Gasteiger partial charge in [-0.1, -0.05) is 12.1 Å². The summed E-state index contributed by atoms with van der Waals surface area (Å²) in [6.07, 6.45) is 0.933. The third-order valence-corrected chi connectivity index (χ3v) is 3.23. The van der Waals surface area contributed by atoms with Crippen molar-refractivity contribution in [3.63, 3.8) is 0 Å². The van der Waals surface area contributed by atoms with E-state index >= 15 is 0 Å². The summed E-state index contributed by atoms with van der Waals surface area (Å²) < 4.78 is 0. The maximum atomic E-state index is 12.1. The number of carbonyl (C=O) groups excluding carboxylic acids is 2. The predicted octanol–water partition coefficient (Wildman–Crippen LogP) is 1.95. The number of hydrogen-bond acceptors (Lipinski definition) is 6. The van der Waals surface area contributed by atoms with Crippen molar-refractivity contribution in [2.24, 2.45) is 0 Å². The summed E-state index contributed by atoms with van der Waals surface area (Å²) in [5, 5.41) is 24.6. The highest BCUT2D eigenvalue weighted by Gasteiger charge is 2.17. The van der Waals surface area contributed by atoms with Gasteiger partial charge >= 0.3 is 0 Å². The van der Waals surface area contributed by atoms with E-state index < -0.39 is 22.3 Å². The molecule has 2 amide bonds. The number of nitro benzene ring substituents is 1. The van der Waals surface area contributed by atoms with E-state index in [4.69, 9.17) is 11.0 Å². The standard InChI is InChI=1S/C17H13N5O4/c18-9-12(10-20-16(23)11-5-7-13(19)8-6-11)17(24)21-14-3-1-2-4-15(14)22(25)26/h1-8,10H,19H2,(H,20,23)(H,21,24)/b12-10-. The van der Waals surface area contributed by atoms with Gasteiger partial charge in [0.1, 0.15) is 17.3 Å². The molecular formula is C17H13N5O4. The molecule has 0 bridgehead atoms. The van der Waals surface area contributed by atoms with Gasteiger partial charge in [0.05, 0.1) is 4.92 Å². The third-order valence-electron chi connectivity index (χ3n) is 3.23. The monoisotopic (exact) mass is 351 g/mol. The summed E-state index contributed by atoms with van der Waals surface area (Å²) in [7, 11) is 0. The van der Waals surface area contributed by atoms with E-state index in [0.29, 0.717) is 5.69 Å². The van der Waals surface area contributed by atoms with Gasteiger partial charge in [0.15, 0.2) is 0 Å². The Morgan fingerprint density at radius 3 is 2.42 bits per heavy atom. The molecule has 9 nitrogen and oxygen atoms in total. The minimum absolute atomic E-state index is 0.0616. The molecular weight excluding hydrogens is 338 g/mol. The van der Waals surface area contributed by atoms with Crippen molar-refractivity contribution in [1.82, 2.24) is 5.32 Å². The average molecular weight is 351 g/mol. The number of nitrogens with two attached hydrogens (primary N) is 1. The largest absolute Gasteiger partial charge is 0.399 e. The SMILES string of the molecule is N#C/C(=C/NC(=O)c1ccc(N)cc1)C(=O)Nc1ccccc1[N+](=O)[O-]. The van der Waals surface area contributed by atoms with Gasteiger partial charge in [-0.25, -0.2) is 0 Å². The molecule has 0 aliphatic carbocycles. The summed E-state index contributed by atoms with van der Waals surface area (Å²) in [5.74, 6) is -1.43. The summed E-state index contributed by atoms with van der Waals surface area (Å²) >= 11 is 0. The number of nitrogen functional groups attached to an aromatic ring is 1. The highest BCUT2D eigenvalue weighted by Crippen LogP contribution is 2.23. The Kier molecular flexibility index (Phi) is 5.63. The minimum Gasteiger partial charge on any atom is -0.399 e. The molecule has 0 saturated carbocycles. The van der Waals surface area contributed by atoms with Gasteiger partial charge in [0.2, 0.25) is 0 Å². The second-order valence-electron chi connectivity index (χ2n) is 4.99. The summed E-state index contributed by atoms with van der Waals surface area (Å²) in [6, 6.07) is 13.2. The first kappa shape index (κ1) is 18.2. The molecule has 0 fully saturated rings. The fourth-order valence-electron chi connectivity index (χ4n) is 1.93. The predicted molar refractivity (Wildman–Crippen MR) is 93.7 cm³/mol. The van der Waals surface area contributed by atoms with Gasteiger partial charge in [-0.3, -0.25) is 19.7 Å². The Morgan fingerprint density at radius 2 is 1.81 bits per heavy atom. The van der Waals surface area contributed by atoms with Crippen LogP contribution in [0.4, 0.5) is 17.1 Å². The van der Waals surface area contributed by atoms with Crippen LogP contribution in [0.1, 0.15) is 10.4 Å². The molecule has 0 aliphatic heterocycles. The van der Waals surface area contributed by atoms with Crippen LogP contribution >= 0.6 is 0 Å². The van der Waals surface area contributed by atoms with E-state index in [2.05, 4.69) is 10.6 Å². The van der Waals surface area contributed by atoms with Crippen LogP contribution in [0.15, 0.2) is 60.3 Å². The zero-order valence-corrected chi connectivity index (χ0v) is 13.3. The lowest BCUT2D eigenvalue weighted by Gasteiger charge is -2.05. The molecule has 0 heterocycles. The first-order valence-corrected chi connectivity index (χ1v) is 7.24. The quantitative estimate of drug-likeness (QED) is 0.246. The fourth-order valence-corrected chi connectivity index (χ4v) is 1.93. The molecule has 130 valence electrons. The highest BCUT2D eigenvalue weighted by atomic mass is 16.6. The number of hydrogen-bond donors (Lipinski definition) is 3. The van der Waals surface area contributed by atoms with E-state index in [9.17, 15) is 19.7 Å². The smallest absolute Gasteiger partial charge is 0.292 e. The first-order chi connectivity index (χ1) is 12.4. The maximum absolute atomic E-state index is 12.1. The Morgan fingerprint density at radius 1 is 1.15 bits per heavy atom. The Balaban J connectivity index is 2.12. The molecule has 4 N–H and O–H groups in total. The number of benzene rings is 2. The van der Waals surface area contributed by atoms with E-state index in [-0.39, 0.29) is 16.9 Å². The molecule has 26 heavy (non-hydrogen) atoms. The Hall–Kier alpha value is -4.19. The maximum Gasteiger partial charge on any atom is 0.292 e. The first-order valence-electron chi connectivity index (χ1n) is 7.24. The number of nitro groups is 1. The van der Waals surface area contributed by atoms with Gasteiger partial charge in [0.25, 0.3) is 17.5 Å². The van der Waals surface area contributed by atoms with Crippen LogP contribution in [0.5, 0.6) is 0 Å². The lowest BCUT2D eigenvalue weighted by molar-refractivity contribution is -0.383.